The van der Waals surface area contributed by atoms with Crippen molar-refractivity contribution >= 4 is 11.9 Å². The molecular weight excluding hydrogens is 368 g/mol. The van der Waals surface area contributed by atoms with Gasteiger partial charge >= 0.3 is 0 Å². The van der Waals surface area contributed by atoms with Crippen LogP contribution in [-0.2, 0) is 6.61 Å². The Morgan fingerprint density at radius 3 is 2.52 bits per heavy atom. The van der Waals surface area contributed by atoms with Gasteiger partial charge in [-0.3, -0.25) is 4.79 Å². The Morgan fingerprint density at radius 1 is 1.00 bits per heavy atom. The van der Waals surface area contributed by atoms with Crippen molar-refractivity contribution < 1.29 is 24.5 Å². The van der Waals surface area contributed by atoms with Gasteiger partial charge in [0.1, 0.15) is 29.6 Å². The molecule has 2 N–H and O–H groups in total. The number of rotatable bonds is 7. The predicted octanol–water partition coefficient (Wildman–Crippen LogP) is 4.89. The average Bonchev–Trinajstić information content (AvgIpc) is 2.71. The summed E-state index contributed by atoms with van der Waals surface area (Å²) >= 11 is 0. The Bertz CT molecular complexity index is 1050. The van der Waals surface area contributed by atoms with Crippen molar-refractivity contribution in [3.8, 4) is 23.0 Å². The van der Waals surface area contributed by atoms with Gasteiger partial charge < -0.3 is 19.7 Å². The number of aromatic hydroxyl groups is 2. The van der Waals surface area contributed by atoms with Gasteiger partial charge in [-0.05, 0) is 54.5 Å². The summed E-state index contributed by atoms with van der Waals surface area (Å²) in [5, 5.41) is 19.2. The van der Waals surface area contributed by atoms with Crippen LogP contribution in [0, 0.1) is 6.92 Å². The summed E-state index contributed by atoms with van der Waals surface area (Å²) in [6.45, 7) is 2.30. The first kappa shape index (κ1) is 20.0. The highest BCUT2D eigenvalue weighted by atomic mass is 16.5. The lowest BCUT2D eigenvalue weighted by Crippen LogP contribution is -2.00. The number of methoxy groups -OCH3 is 1. The molecule has 0 aliphatic rings. The van der Waals surface area contributed by atoms with E-state index >= 15 is 0 Å². The van der Waals surface area contributed by atoms with Gasteiger partial charge in [0.2, 0.25) is 0 Å². The van der Waals surface area contributed by atoms with E-state index in [-0.39, 0.29) is 22.8 Å². The standard InChI is InChI=1S/C24H22O5/c1-16-5-3-4-6-23(16)29-15-18-13-17(8-12-24(18)28-2)7-11-21(26)20-10-9-19(25)14-22(20)27/h3-14,25,27H,15H2,1-2H3/b11-7+. The van der Waals surface area contributed by atoms with E-state index in [0.29, 0.717) is 12.4 Å². The molecule has 0 unspecified atom stereocenters. The first-order valence-electron chi connectivity index (χ1n) is 9.07. The number of hydrogen-bond donors (Lipinski definition) is 2. The number of para-hydroxylation sites is 1. The fraction of sp³-hybridized carbons (Fsp3) is 0.125. The van der Waals surface area contributed by atoms with Gasteiger partial charge in [0.05, 0.1) is 12.7 Å². The summed E-state index contributed by atoms with van der Waals surface area (Å²) in [6.07, 6.45) is 3.03. The van der Waals surface area contributed by atoms with Gasteiger partial charge in [-0.1, -0.05) is 30.3 Å². The summed E-state index contributed by atoms with van der Waals surface area (Å²) < 4.78 is 11.3. The van der Waals surface area contributed by atoms with Crippen LogP contribution in [0.15, 0.2) is 66.7 Å². The number of allylic oxidation sites excluding steroid dienone is 1. The van der Waals surface area contributed by atoms with Crippen LogP contribution in [0.25, 0.3) is 6.08 Å². The first-order valence-corrected chi connectivity index (χ1v) is 9.07. The summed E-state index contributed by atoms with van der Waals surface area (Å²) in [5.74, 6) is 0.765. The molecule has 0 aliphatic carbocycles. The van der Waals surface area contributed by atoms with E-state index in [1.54, 1.807) is 13.2 Å². The van der Waals surface area contributed by atoms with E-state index in [4.69, 9.17) is 9.47 Å². The number of ether oxygens (including phenoxy) is 2. The monoisotopic (exact) mass is 390 g/mol. The van der Waals surface area contributed by atoms with Gasteiger partial charge in [-0.15, -0.1) is 0 Å². The van der Waals surface area contributed by atoms with Crippen molar-refractivity contribution in [2.75, 3.05) is 7.11 Å². The van der Waals surface area contributed by atoms with Gasteiger partial charge in [-0.25, -0.2) is 0 Å². The third kappa shape index (κ3) is 4.96. The minimum absolute atomic E-state index is 0.100. The maximum atomic E-state index is 12.3. The third-order valence-corrected chi connectivity index (χ3v) is 4.46. The molecular formula is C24H22O5. The van der Waals surface area contributed by atoms with Crippen molar-refractivity contribution in [2.24, 2.45) is 0 Å². The molecule has 0 aromatic heterocycles. The molecule has 0 bridgehead atoms. The van der Waals surface area contributed by atoms with Crippen LogP contribution in [-0.4, -0.2) is 23.1 Å². The number of benzene rings is 3. The van der Waals surface area contributed by atoms with Crippen LogP contribution in [0.2, 0.25) is 0 Å². The molecule has 0 saturated carbocycles. The molecule has 5 heteroatoms. The molecule has 0 amide bonds. The van der Waals surface area contributed by atoms with E-state index < -0.39 is 0 Å². The predicted molar refractivity (Wildman–Crippen MR) is 112 cm³/mol. The second-order valence-electron chi connectivity index (χ2n) is 6.52. The van der Waals surface area contributed by atoms with Crippen LogP contribution in [0.4, 0.5) is 0 Å². The van der Waals surface area contributed by atoms with Gasteiger partial charge in [-0.2, -0.15) is 0 Å². The molecule has 0 fully saturated rings. The van der Waals surface area contributed by atoms with Crippen molar-refractivity contribution in [1.29, 1.82) is 0 Å². The largest absolute Gasteiger partial charge is 0.508 e. The van der Waals surface area contributed by atoms with Gasteiger partial charge in [0, 0.05) is 11.6 Å². The average molecular weight is 390 g/mol. The molecule has 3 aromatic rings. The number of carbonyl (C=O) groups is 1. The molecule has 5 nitrogen and oxygen atoms in total. The number of hydrogen-bond acceptors (Lipinski definition) is 5. The topological polar surface area (TPSA) is 76.0 Å². The third-order valence-electron chi connectivity index (χ3n) is 4.46. The fourth-order valence-corrected chi connectivity index (χ4v) is 2.88. The van der Waals surface area contributed by atoms with Gasteiger partial charge in [0.25, 0.3) is 0 Å². The molecule has 148 valence electrons. The molecule has 3 aromatic carbocycles. The number of phenols is 2. The highest BCUT2D eigenvalue weighted by Crippen LogP contribution is 2.26. The van der Waals surface area contributed by atoms with E-state index in [1.807, 2.05) is 49.4 Å². The lowest BCUT2D eigenvalue weighted by atomic mass is 10.1. The van der Waals surface area contributed by atoms with Crippen LogP contribution in [0.5, 0.6) is 23.0 Å². The maximum Gasteiger partial charge on any atom is 0.189 e. The molecule has 0 spiro atoms. The Labute approximate surface area is 169 Å². The minimum atomic E-state index is -0.365. The molecule has 0 atom stereocenters. The zero-order valence-corrected chi connectivity index (χ0v) is 16.3. The molecule has 0 aliphatic heterocycles. The zero-order valence-electron chi connectivity index (χ0n) is 16.3. The van der Waals surface area contributed by atoms with Crippen molar-refractivity contribution in [3.05, 3.63) is 89.0 Å². The van der Waals surface area contributed by atoms with Crippen LogP contribution in [0.3, 0.4) is 0 Å². The highest BCUT2D eigenvalue weighted by Gasteiger charge is 2.10. The Hall–Kier alpha value is -3.73. The molecule has 29 heavy (non-hydrogen) atoms. The minimum Gasteiger partial charge on any atom is -0.508 e. The molecule has 3 rings (SSSR count). The summed E-state index contributed by atoms with van der Waals surface area (Å²) in [5.41, 5.74) is 2.80. The normalized spacial score (nSPS) is 10.8. The smallest absolute Gasteiger partial charge is 0.189 e. The molecule has 0 saturated heterocycles. The second-order valence-corrected chi connectivity index (χ2v) is 6.52. The highest BCUT2D eigenvalue weighted by molar-refractivity contribution is 6.08. The van der Waals surface area contributed by atoms with Crippen LogP contribution < -0.4 is 9.47 Å². The van der Waals surface area contributed by atoms with Crippen molar-refractivity contribution in [2.45, 2.75) is 13.5 Å². The fourth-order valence-electron chi connectivity index (χ4n) is 2.88. The quantitative estimate of drug-likeness (QED) is 0.444. The van der Waals surface area contributed by atoms with E-state index in [9.17, 15) is 15.0 Å². The second kappa shape index (κ2) is 8.97. The number of aryl methyl sites for hydroxylation is 1. The number of phenolic OH excluding ortho intramolecular Hbond substituents is 2. The maximum absolute atomic E-state index is 12.3. The molecule has 0 heterocycles. The van der Waals surface area contributed by atoms with E-state index in [0.717, 1.165) is 28.5 Å². The molecule has 0 radical (unpaired) electrons. The summed E-state index contributed by atoms with van der Waals surface area (Å²) in [6, 6.07) is 17.2. The Balaban J connectivity index is 1.78. The first-order chi connectivity index (χ1) is 14.0. The lowest BCUT2D eigenvalue weighted by Gasteiger charge is -2.12. The van der Waals surface area contributed by atoms with Gasteiger partial charge in [0.15, 0.2) is 5.78 Å². The zero-order chi connectivity index (χ0) is 20.8. The van der Waals surface area contributed by atoms with E-state index in [2.05, 4.69) is 0 Å². The van der Waals surface area contributed by atoms with E-state index in [1.165, 1.54) is 18.2 Å². The lowest BCUT2D eigenvalue weighted by molar-refractivity contribution is 0.104. The van der Waals surface area contributed by atoms with Crippen molar-refractivity contribution in [1.82, 2.24) is 0 Å². The summed E-state index contributed by atoms with van der Waals surface area (Å²) in [7, 11) is 1.60. The van der Waals surface area contributed by atoms with Crippen molar-refractivity contribution in [3.63, 3.8) is 0 Å². The van der Waals surface area contributed by atoms with Crippen LogP contribution in [0.1, 0.15) is 27.0 Å². The Kier molecular flexibility index (Phi) is 6.19. The van der Waals surface area contributed by atoms with Crippen LogP contribution >= 0.6 is 0 Å². The summed E-state index contributed by atoms with van der Waals surface area (Å²) in [4.78, 5) is 12.3. The Morgan fingerprint density at radius 2 is 1.79 bits per heavy atom. The SMILES string of the molecule is COc1ccc(/C=C/C(=O)c2ccc(O)cc2O)cc1COc1ccccc1C. The number of carbonyl (C=O) groups excluding carboxylic acids is 1. The number of ketones is 1.